The molecule has 0 saturated carbocycles. The monoisotopic (exact) mass is 322 g/mol. The lowest BCUT2D eigenvalue weighted by atomic mass is 9.99. The summed E-state index contributed by atoms with van der Waals surface area (Å²) in [6.07, 6.45) is 0.618. The minimum absolute atomic E-state index is 0.00391. The molecule has 0 aliphatic heterocycles. The number of aromatic carboxylic acids is 1. The molecular weight excluding hydrogens is 309 g/mol. The van der Waals surface area contributed by atoms with Crippen LogP contribution in [0.25, 0.3) is 10.9 Å². The van der Waals surface area contributed by atoms with Crippen LogP contribution in [-0.4, -0.2) is 27.0 Å². The normalized spacial score (nSPS) is 15.4. The predicted octanol–water partition coefficient (Wildman–Crippen LogP) is 3.94. The molecule has 1 aromatic carbocycles. The summed E-state index contributed by atoms with van der Waals surface area (Å²) in [5, 5.41) is 13.9. The number of benzene rings is 1. The lowest BCUT2D eigenvalue weighted by molar-refractivity contribution is -0.0941. The van der Waals surface area contributed by atoms with E-state index in [0.717, 1.165) is 0 Å². The van der Waals surface area contributed by atoms with Gasteiger partial charge in [-0.2, -0.15) is 18.3 Å². The van der Waals surface area contributed by atoms with E-state index in [2.05, 4.69) is 5.10 Å². The molecule has 0 saturated heterocycles. The molecule has 0 radical (unpaired) electrons. The number of fused-ring (bicyclic) bond motifs is 1. The SMILES string of the molecule is O=C(O)c1ccc2nn(CC3=CCCC(C(F)(F)F)=C3)cc2c1. The van der Waals surface area contributed by atoms with E-state index in [0.29, 0.717) is 22.9 Å². The number of carboxylic acid groups (broad SMARTS) is 1. The highest BCUT2D eigenvalue weighted by Crippen LogP contribution is 2.33. The van der Waals surface area contributed by atoms with E-state index in [1.807, 2.05) is 0 Å². The molecule has 0 spiro atoms. The van der Waals surface area contributed by atoms with Crippen LogP contribution in [0.4, 0.5) is 13.2 Å². The second kappa shape index (κ2) is 5.57. The maximum Gasteiger partial charge on any atom is 0.412 e. The zero-order valence-electron chi connectivity index (χ0n) is 12.0. The average molecular weight is 322 g/mol. The van der Waals surface area contributed by atoms with Crippen molar-refractivity contribution in [1.82, 2.24) is 9.78 Å². The molecule has 1 aliphatic rings. The molecule has 1 heterocycles. The van der Waals surface area contributed by atoms with E-state index in [4.69, 9.17) is 5.11 Å². The van der Waals surface area contributed by atoms with Crippen LogP contribution in [-0.2, 0) is 6.54 Å². The number of carbonyl (C=O) groups is 1. The molecule has 3 rings (SSSR count). The summed E-state index contributed by atoms with van der Waals surface area (Å²) in [7, 11) is 0. The van der Waals surface area contributed by atoms with Gasteiger partial charge in [-0.25, -0.2) is 4.79 Å². The largest absolute Gasteiger partial charge is 0.478 e. The molecule has 1 aromatic heterocycles. The van der Waals surface area contributed by atoms with Crippen molar-refractivity contribution in [3.63, 3.8) is 0 Å². The Kier molecular flexibility index (Phi) is 3.71. The minimum atomic E-state index is -4.30. The highest BCUT2D eigenvalue weighted by atomic mass is 19.4. The number of allylic oxidation sites excluding steroid dienone is 4. The molecule has 120 valence electrons. The lowest BCUT2D eigenvalue weighted by Gasteiger charge is -2.16. The second-order valence-corrected chi connectivity index (χ2v) is 5.39. The summed E-state index contributed by atoms with van der Waals surface area (Å²) >= 11 is 0. The number of alkyl halides is 3. The van der Waals surface area contributed by atoms with Crippen molar-refractivity contribution in [2.75, 3.05) is 0 Å². The molecule has 0 bridgehead atoms. The number of rotatable bonds is 3. The van der Waals surface area contributed by atoms with E-state index in [9.17, 15) is 18.0 Å². The molecule has 1 N–H and O–H groups in total. The van der Waals surface area contributed by atoms with Gasteiger partial charge in [0, 0.05) is 17.2 Å². The zero-order chi connectivity index (χ0) is 16.6. The number of aromatic nitrogens is 2. The molecule has 0 amide bonds. The summed E-state index contributed by atoms with van der Waals surface area (Å²) in [5.74, 6) is -1.03. The number of hydrogen-bond acceptors (Lipinski definition) is 2. The first kappa shape index (κ1) is 15.3. The van der Waals surface area contributed by atoms with Gasteiger partial charge >= 0.3 is 12.1 Å². The van der Waals surface area contributed by atoms with Gasteiger partial charge in [-0.05, 0) is 42.7 Å². The van der Waals surface area contributed by atoms with Gasteiger partial charge in [-0.3, -0.25) is 4.68 Å². The van der Waals surface area contributed by atoms with Gasteiger partial charge < -0.3 is 5.11 Å². The molecule has 0 atom stereocenters. The molecular formula is C16H13F3N2O2. The first-order valence-corrected chi connectivity index (χ1v) is 7.00. The number of nitrogens with zero attached hydrogens (tertiary/aromatic N) is 2. The van der Waals surface area contributed by atoms with Crippen molar-refractivity contribution in [3.8, 4) is 0 Å². The zero-order valence-corrected chi connectivity index (χ0v) is 12.0. The fourth-order valence-electron chi connectivity index (χ4n) is 2.58. The fourth-order valence-corrected chi connectivity index (χ4v) is 2.58. The van der Waals surface area contributed by atoms with E-state index >= 15 is 0 Å². The molecule has 0 fully saturated rings. The van der Waals surface area contributed by atoms with Crippen LogP contribution in [0.2, 0.25) is 0 Å². The Morgan fingerprint density at radius 1 is 1.35 bits per heavy atom. The van der Waals surface area contributed by atoms with Crippen LogP contribution < -0.4 is 0 Å². The molecule has 0 unspecified atom stereocenters. The summed E-state index contributed by atoms with van der Waals surface area (Å²) in [4.78, 5) is 10.9. The van der Waals surface area contributed by atoms with Gasteiger partial charge in [0.25, 0.3) is 0 Å². The van der Waals surface area contributed by atoms with E-state index in [-0.39, 0.29) is 18.5 Å². The van der Waals surface area contributed by atoms with Gasteiger partial charge in [0.2, 0.25) is 0 Å². The van der Waals surface area contributed by atoms with Crippen LogP contribution in [0.3, 0.4) is 0 Å². The highest BCUT2D eigenvalue weighted by Gasteiger charge is 2.33. The van der Waals surface area contributed by atoms with Crippen molar-refractivity contribution in [3.05, 3.63) is 53.3 Å². The summed E-state index contributed by atoms with van der Waals surface area (Å²) in [6, 6.07) is 4.53. The first-order chi connectivity index (χ1) is 10.8. The molecule has 2 aromatic rings. The summed E-state index contributed by atoms with van der Waals surface area (Å²) in [6.45, 7) is 0.219. The molecule has 1 aliphatic carbocycles. The maximum atomic E-state index is 12.8. The predicted molar refractivity (Wildman–Crippen MR) is 78.1 cm³/mol. The van der Waals surface area contributed by atoms with E-state index < -0.39 is 17.7 Å². The molecule has 23 heavy (non-hydrogen) atoms. The number of hydrogen-bond donors (Lipinski definition) is 1. The average Bonchev–Trinajstić information content (AvgIpc) is 2.87. The van der Waals surface area contributed by atoms with Crippen molar-refractivity contribution in [2.45, 2.75) is 25.6 Å². The number of carboxylic acids is 1. The smallest absolute Gasteiger partial charge is 0.412 e. The first-order valence-electron chi connectivity index (χ1n) is 7.00. The Hall–Kier alpha value is -2.57. The van der Waals surface area contributed by atoms with Crippen LogP contribution in [0.15, 0.2) is 47.7 Å². The van der Waals surface area contributed by atoms with Gasteiger partial charge in [-0.1, -0.05) is 6.08 Å². The third-order valence-corrected chi connectivity index (χ3v) is 3.69. The Morgan fingerprint density at radius 2 is 2.13 bits per heavy atom. The van der Waals surface area contributed by atoms with E-state index in [1.54, 1.807) is 18.3 Å². The minimum Gasteiger partial charge on any atom is -0.478 e. The standard InChI is InChI=1S/C16H13F3N2O2/c17-16(18,19)13-3-1-2-10(6-13)8-21-9-12-7-11(15(22)23)4-5-14(12)20-21/h2,4-7,9H,1,3,8H2,(H,22,23). The summed E-state index contributed by atoms with van der Waals surface area (Å²) in [5.41, 5.74) is 0.773. The van der Waals surface area contributed by atoms with Gasteiger partial charge in [-0.15, -0.1) is 0 Å². The van der Waals surface area contributed by atoms with Crippen molar-refractivity contribution in [1.29, 1.82) is 0 Å². The van der Waals surface area contributed by atoms with Crippen LogP contribution >= 0.6 is 0 Å². The third kappa shape index (κ3) is 3.28. The van der Waals surface area contributed by atoms with Gasteiger partial charge in [0.05, 0.1) is 17.6 Å². The number of halogens is 3. The maximum absolute atomic E-state index is 12.8. The topological polar surface area (TPSA) is 55.1 Å². The highest BCUT2D eigenvalue weighted by molar-refractivity contribution is 5.93. The Labute approximate surface area is 129 Å². The lowest BCUT2D eigenvalue weighted by Crippen LogP contribution is -2.15. The molecule has 7 heteroatoms. The Morgan fingerprint density at radius 3 is 2.83 bits per heavy atom. The summed E-state index contributed by atoms with van der Waals surface area (Å²) < 4.78 is 39.8. The van der Waals surface area contributed by atoms with Crippen LogP contribution in [0.1, 0.15) is 23.2 Å². The van der Waals surface area contributed by atoms with Gasteiger partial charge in [0.15, 0.2) is 0 Å². The quantitative estimate of drug-likeness (QED) is 0.931. The van der Waals surface area contributed by atoms with Crippen molar-refractivity contribution < 1.29 is 23.1 Å². The Bertz CT molecular complexity index is 831. The van der Waals surface area contributed by atoms with E-state index in [1.165, 1.54) is 22.9 Å². The third-order valence-electron chi connectivity index (χ3n) is 3.69. The second-order valence-electron chi connectivity index (χ2n) is 5.39. The van der Waals surface area contributed by atoms with Crippen LogP contribution in [0, 0.1) is 0 Å². The van der Waals surface area contributed by atoms with Crippen molar-refractivity contribution in [2.24, 2.45) is 0 Å². The Balaban J connectivity index is 1.86. The fraction of sp³-hybridized carbons (Fsp3) is 0.250. The molecule has 4 nitrogen and oxygen atoms in total. The van der Waals surface area contributed by atoms with Gasteiger partial charge in [0.1, 0.15) is 0 Å². The van der Waals surface area contributed by atoms with Crippen molar-refractivity contribution >= 4 is 16.9 Å². The van der Waals surface area contributed by atoms with Crippen LogP contribution in [0.5, 0.6) is 0 Å².